The number of nitrogens with two attached hydrogens (primary N) is 1. The number of nitrogens with zero attached hydrogens (tertiary/aromatic N) is 1. The van der Waals surface area contributed by atoms with E-state index < -0.39 is 0 Å². The summed E-state index contributed by atoms with van der Waals surface area (Å²) in [6.07, 6.45) is 0. The molecule has 0 aliphatic rings. The van der Waals surface area contributed by atoms with Crippen molar-refractivity contribution in [3.8, 4) is 0 Å². The van der Waals surface area contributed by atoms with E-state index in [0.29, 0.717) is 19.2 Å². The summed E-state index contributed by atoms with van der Waals surface area (Å²) in [6, 6.07) is 3.25. The Hall–Kier alpha value is -0.730. The first-order valence-corrected chi connectivity index (χ1v) is 7.06. The molecule has 0 saturated carbocycles. The van der Waals surface area contributed by atoms with E-state index in [1.807, 2.05) is 13.8 Å². The van der Waals surface area contributed by atoms with Crippen molar-refractivity contribution in [2.24, 2.45) is 0 Å². The number of aromatic nitrogens is 1. The second kappa shape index (κ2) is 5.38. The zero-order chi connectivity index (χ0) is 11.4. The zero-order valence-corrected chi connectivity index (χ0v) is 10.8. The Kier molecular flexibility index (Phi) is 4.43. The maximum Gasteiger partial charge on any atom is 0.181 e. The molecule has 0 saturated heterocycles. The van der Waals surface area contributed by atoms with Gasteiger partial charge in [0, 0.05) is 0 Å². The summed E-state index contributed by atoms with van der Waals surface area (Å²) in [5.41, 5.74) is 5.94. The summed E-state index contributed by atoms with van der Waals surface area (Å²) in [5, 5.41) is 1.56. The monoisotopic (exact) mass is 244 g/mol. The van der Waals surface area contributed by atoms with E-state index in [2.05, 4.69) is 11.6 Å². The molecule has 1 aromatic heterocycles. The zero-order valence-electron chi connectivity index (χ0n) is 8.97. The Morgan fingerprint density at radius 1 is 1.40 bits per heavy atom. The molecule has 0 aliphatic heterocycles. The van der Waals surface area contributed by atoms with Crippen LogP contribution in [0.3, 0.4) is 0 Å². The quantitative estimate of drug-likeness (QED) is 0.783. The lowest BCUT2D eigenvalue weighted by atomic mass is 10.3. The minimum atomic E-state index is -0.287. The molecule has 0 bridgehead atoms. The van der Waals surface area contributed by atoms with Crippen LogP contribution in [0.1, 0.15) is 13.8 Å². The van der Waals surface area contributed by atoms with Crippen LogP contribution in [0.2, 0.25) is 0 Å². The topological polar surface area (TPSA) is 38.9 Å². The number of hydrogen-bond donors (Lipinski definition) is 1. The van der Waals surface area contributed by atoms with E-state index in [1.54, 1.807) is 6.07 Å². The third-order valence-corrected chi connectivity index (χ3v) is 3.83. The Labute approximate surface area is 94.5 Å². The van der Waals surface area contributed by atoms with Gasteiger partial charge in [-0.05, 0) is 18.0 Å². The molecule has 2 rings (SSSR count). The Balaban J connectivity index is 0.000000531. The van der Waals surface area contributed by atoms with E-state index in [9.17, 15) is 4.39 Å². The molecule has 0 spiro atoms. The molecule has 2 N–H and O–H groups in total. The number of anilines is 1. The van der Waals surface area contributed by atoms with Crippen LogP contribution in [0.5, 0.6) is 0 Å². The fourth-order valence-electron chi connectivity index (χ4n) is 1.19. The average molecular weight is 244 g/mol. The second-order valence-corrected chi connectivity index (χ2v) is 4.64. The fraction of sp³-hybridized carbons (Fsp3) is 0.300. The SMILES string of the molecule is CC.CPc1ccc(F)c2nc(N)sc12. The number of benzene rings is 1. The number of thiazole rings is 1. The van der Waals surface area contributed by atoms with Crippen LogP contribution in [-0.2, 0) is 0 Å². The van der Waals surface area contributed by atoms with Crippen LogP contribution < -0.4 is 11.0 Å². The average Bonchev–Trinajstić information content (AvgIpc) is 2.64. The molecule has 0 amide bonds. The second-order valence-electron chi connectivity index (χ2n) is 2.57. The standard InChI is InChI=1S/C8H8FN2PS.C2H6/c1-12-5-3-2-4(9)6-7(5)13-8(10)11-6;1-2/h2-3,12H,1H3,(H2,10,11);1-2H3. The highest BCUT2D eigenvalue weighted by atomic mass is 32.1. The van der Waals surface area contributed by atoms with Gasteiger partial charge in [-0.2, -0.15) is 0 Å². The summed E-state index contributed by atoms with van der Waals surface area (Å²) in [6.45, 7) is 6.06. The molecule has 1 atom stereocenters. The third kappa shape index (κ3) is 2.44. The van der Waals surface area contributed by atoms with Gasteiger partial charge in [0.1, 0.15) is 11.3 Å². The molecule has 0 fully saturated rings. The van der Waals surface area contributed by atoms with Gasteiger partial charge < -0.3 is 5.73 Å². The van der Waals surface area contributed by atoms with Crippen molar-refractivity contribution in [3.05, 3.63) is 17.9 Å². The van der Waals surface area contributed by atoms with E-state index in [0.717, 1.165) is 10.0 Å². The van der Waals surface area contributed by atoms with Crippen LogP contribution in [0, 0.1) is 5.82 Å². The molecule has 2 nitrogen and oxygen atoms in total. The van der Waals surface area contributed by atoms with Gasteiger partial charge in [-0.3, -0.25) is 0 Å². The van der Waals surface area contributed by atoms with Gasteiger partial charge in [0.25, 0.3) is 0 Å². The molecule has 15 heavy (non-hydrogen) atoms. The summed E-state index contributed by atoms with van der Waals surface area (Å²) in [5.74, 6) is -0.287. The normalized spacial score (nSPS) is 10.7. The largest absolute Gasteiger partial charge is 0.375 e. The lowest BCUT2D eigenvalue weighted by Crippen LogP contribution is -1.94. The van der Waals surface area contributed by atoms with E-state index in [1.165, 1.54) is 17.4 Å². The maximum absolute atomic E-state index is 13.2. The summed E-state index contributed by atoms with van der Waals surface area (Å²) >= 11 is 1.35. The van der Waals surface area contributed by atoms with Crippen molar-refractivity contribution in [2.45, 2.75) is 13.8 Å². The number of rotatable bonds is 1. The lowest BCUT2D eigenvalue weighted by molar-refractivity contribution is 0.637. The Morgan fingerprint density at radius 3 is 2.67 bits per heavy atom. The van der Waals surface area contributed by atoms with Gasteiger partial charge in [-0.25, -0.2) is 9.37 Å². The Bertz CT molecular complexity index is 456. The minimum Gasteiger partial charge on any atom is -0.375 e. The first-order valence-electron chi connectivity index (χ1n) is 4.74. The van der Waals surface area contributed by atoms with Crippen molar-refractivity contribution in [1.82, 2.24) is 4.98 Å². The van der Waals surface area contributed by atoms with Crippen LogP contribution in [0.25, 0.3) is 10.2 Å². The molecular weight excluding hydrogens is 230 g/mol. The molecule has 2 aromatic rings. The molecule has 0 aliphatic carbocycles. The number of fused-ring (bicyclic) bond motifs is 1. The first kappa shape index (κ1) is 12.3. The third-order valence-electron chi connectivity index (χ3n) is 1.78. The van der Waals surface area contributed by atoms with E-state index in [-0.39, 0.29) is 5.82 Å². The minimum absolute atomic E-state index is 0.287. The molecular formula is C10H14FN2PS. The maximum atomic E-state index is 13.2. The van der Waals surface area contributed by atoms with E-state index >= 15 is 0 Å². The van der Waals surface area contributed by atoms with Gasteiger partial charge in [-0.1, -0.05) is 39.8 Å². The Morgan fingerprint density at radius 2 is 2.07 bits per heavy atom. The molecule has 1 heterocycles. The summed E-state index contributed by atoms with van der Waals surface area (Å²) in [7, 11) is 0.642. The first-order chi connectivity index (χ1) is 7.22. The van der Waals surface area contributed by atoms with Gasteiger partial charge in [0.15, 0.2) is 5.13 Å². The van der Waals surface area contributed by atoms with Crippen molar-refractivity contribution in [3.63, 3.8) is 0 Å². The molecule has 82 valence electrons. The van der Waals surface area contributed by atoms with Crippen LogP contribution in [0.15, 0.2) is 12.1 Å². The highest BCUT2D eigenvalue weighted by Gasteiger charge is 2.09. The highest BCUT2D eigenvalue weighted by molar-refractivity contribution is 7.48. The van der Waals surface area contributed by atoms with Crippen molar-refractivity contribution in [1.29, 1.82) is 0 Å². The van der Waals surface area contributed by atoms with Crippen molar-refractivity contribution in [2.75, 3.05) is 12.4 Å². The van der Waals surface area contributed by atoms with Crippen LogP contribution in [-0.4, -0.2) is 11.6 Å². The van der Waals surface area contributed by atoms with Crippen molar-refractivity contribution >= 4 is 40.6 Å². The van der Waals surface area contributed by atoms with Crippen LogP contribution in [0.4, 0.5) is 9.52 Å². The molecule has 0 radical (unpaired) electrons. The predicted octanol–water partition coefficient (Wildman–Crippen LogP) is 2.98. The van der Waals surface area contributed by atoms with Gasteiger partial charge in [-0.15, -0.1) is 0 Å². The fourth-order valence-corrected chi connectivity index (χ4v) is 3.01. The number of nitrogen functional groups attached to an aromatic ring is 1. The smallest absolute Gasteiger partial charge is 0.181 e. The molecule has 1 aromatic carbocycles. The van der Waals surface area contributed by atoms with Gasteiger partial charge in [0.05, 0.1) is 4.70 Å². The number of halogens is 1. The molecule has 1 unspecified atom stereocenters. The van der Waals surface area contributed by atoms with Crippen molar-refractivity contribution < 1.29 is 4.39 Å². The summed E-state index contributed by atoms with van der Waals surface area (Å²) < 4.78 is 14.1. The van der Waals surface area contributed by atoms with Crippen LogP contribution >= 0.6 is 19.9 Å². The number of hydrogen-bond acceptors (Lipinski definition) is 3. The highest BCUT2D eigenvalue weighted by Crippen LogP contribution is 2.27. The summed E-state index contributed by atoms with van der Waals surface area (Å²) in [4.78, 5) is 3.95. The van der Waals surface area contributed by atoms with Gasteiger partial charge >= 0.3 is 0 Å². The van der Waals surface area contributed by atoms with Gasteiger partial charge in [0.2, 0.25) is 0 Å². The molecule has 5 heteroatoms. The predicted molar refractivity (Wildman–Crippen MR) is 69.2 cm³/mol. The van der Waals surface area contributed by atoms with E-state index in [4.69, 9.17) is 5.73 Å². The lowest BCUT2D eigenvalue weighted by Gasteiger charge is -1.97.